The van der Waals surface area contributed by atoms with Crippen molar-refractivity contribution in [1.29, 1.82) is 0 Å². The molecule has 2 atom stereocenters. The van der Waals surface area contributed by atoms with Crippen molar-refractivity contribution in [2.45, 2.75) is 11.0 Å². The van der Waals surface area contributed by atoms with Gasteiger partial charge in [-0.15, -0.1) is 0 Å². The van der Waals surface area contributed by atoms with Gasteiger partial charge in [-0.3, -0.25) is 4.21 Å². The standard InChI is InChI=1S/C10H13Cl2NO2S/c1-13-5-7(14)6-16(15)10-8(11)3-2-4-9(10)12/h2-4,7,13-14H,5-6H2,1H3. The number of rotatable bonds is 5. The monoisotopic (exact) mass is 281 g/mol. The maximum Gasteiger partial charge on any atom is 0.0783 e. The topological polar surface area (TPSA) is 49.3 Å². The molecule has 2 unspecified atom stereocenters. The second kappa shape index (κ2) is 6.57. The highest BCUT2D eigenvalue weighted by Crippen LogP contribution is 2.27. The van der Waals surface area contributed by atoms with Gasteiger partial charge in [0.15, 0.2) is 0 Å². The molecule has 0 radical (unpaired) electrons. The second-order valence-corrected chi connectivity index (χ2v) is 5.52. The number of aliphatic hydroxyl groups is 1. The Kier molecular flexibility index (Phi) is 5.72. The van der Waals surface area contributed by atoms with Gasteiger partial charge in [-0.05, 0) is 19.2 Å². The molecule has 0 aliphatic carbocycles. The average Bonchev–Trinajstić information content (AvgIpc) is 2.17. The van der Waals surface area contributed by atoms with Gasteiger partial charge in [-0.2, -0.15) is 0 Å². The van der Waals surface area contributed by atoms with Crippen LogP contribution in [0.2, 0.25) is 10.0 Å². The van der Waals surface area contributed by atoms with Crippen molar-refractivity contribution < 1.29 is 9.32 Å². The summed E-state index contributed by atoms with van der Waals surface area (Å²) in [7, 11) is 0.325. The summed E-state index contributed by atoms with van der Waals surface area (Å²) < 4.78 is 11.9. The van der Waals surface area contributed by atoms with E-state index in [1.165, 1.54) is 0 Å². The number of nitrogens with one attached hydrogen (secondary N) is 1. The van der Waals surface area contributed by atoms with Crippen molar-refractivity contribution in [3.05, 3.63) is 28.2 Å². The Morgan fingerprint density at radius 1 is 1.44 bits per heavy atom. The first-order valence-corrected chi connectivity index (χ1v) is 6.78. The number of hydrogen-bond donors (Lipinski definition) is 2. The van der Waals surface area contributed by atoms with Gasteiger partial charge in [-0.1, -0.05) is 29.3 Å². The third-order valence-electron chi connectivity index (χ3n) is 1.93. The van der Waals surface area contributed by atoms with Crippen LogP contribution in [-0.2, 0) is 10.8 Å². The minimum absolute atomic E-state index is 0.115. The van der Waals surface area contributed by atoms with Crippen molar-refractivity contribution >= 4 is 34.0 Å². The van der Waals surface area contributed by atoms with E-state index in [4.69, 9.17) is 23.2 Å². The van der Waals surface area contributed by atoms with Gasteiger partial charge in [0.1, 0.15) is 0 Å². The molecule has 2 N–H and O–H groups in total. The predicted molar refractivity (Wildman–Crippen MR) is 67.7 cm³/mol. The number of hydrogen-bond acceptors (Lipinski definition) is 3. The van der Waals surface area contributed by atoms with Crippen molar-refractivity contribution in [1.82, 2.24) is 5.32 Å². The zero-order valence-corrected chi connectivity index (χ0v) is 11.1. The molecular weight excluding hydrogens is 269 g/mol. The summed E-state index contributed by atoms with van der Waals surface area (Å²) >= 11 is 11.8. The lowest BCUT2D eigenvalue weighted by atomic mass is 10.4. The number of aliphatic hydroxyl groups excluding tert-OH is 1. The molecule has 0 fully saturated rings. The lowest BCUT2D eigenvalue weighted by Gasteiger charge is -2.11. The summed E-state index contributed by atoms with van der Waals surface area (Å²) in [5.74, 6) is 0.115. The van der Waals surface area contributed by atoms with Gasteiger partial charge >= 0.3 is 0 Å². The van der Waals surface area contributed by atoms with Gasteiger partial charge in [0.05, 0.1) is 37.6 Å². The molecule has 0 bridgehead atoms. The fourth-order valence-electron chi connectivity index (χ4n) is 1.25. The fourth-order valence-corrected chi connectivity index (χ4v) is 3.37. The Bertz CT molecular complexity index is 367. The van der Waals surface area contributed by atoms with E-state index in [0.29, 0.717) is 21.5 Å². The van der Waals surface area contributed by atoms with E-state index in [1.807, 2.05) is 0 Å². The Morgan fingerprint density at radius 3 is 2.50 bits per heavy atom. The molecule has 0 saturated carbocycles. The number of benzene rings is 1. The van der Waals surface area contributed by atoms with E-state index in [1.54, 1.807) is 25.2 Å². The molecule has 1 aromatic carbocycles. The zero-order chi connectivity index (χ0) is 12.1. The molecule has 6 heteroatoms. The Hall–Kier alpha value is -0.130. The Balaban J connectivity index is 2.80. The van der Waals surface area contributed by atoms with Crippen LogP contribution in [0.15, 0.2) is 23.1 Å². The largest absolute Gasteiger partial charge is 0.391 e. The molecule has 0 aliphatic rings. The molecule has 3 nitrogen and oxygen atoms in total. The van der Waals surface area contributed by atoms with E-state index in [9.17, 15) is 9.32 Å². The first kappa shape index (κ1) is 13.9. The average molecular weight is 282 g/mol. The molecule has 0 aliphatic heterocycles. The molecule has 90 valence electrons. The summed E-state index contributed by atoms with van der Waals surface area (Å²) in [6, 6.07) is 4.95. The molecule has 1 rings (SSSR count). The zero-order valence-electron chi connectivity index (χ0n) is 8.74. The molecule has 0 spiro atoms. The lowest BCUT2D eigenvalue weighted by molar-refractivity contribution is 0.198. The van der Waals surface area contributed by atoms with Gasteiger partial charge in [-0.25, -0.2) is 0 Å². The molecule has 0 heterocycles. The summed E-state index contributed by atoms with van der Waals surface area (Å²) in [5, 5.41) is 13.1. The second-order valence-electron chi connectivity index (χ2n) is 3.27. The fraction of sp³-hybridized carbons (Fsp3) is 0.400. The summed E-state index contributed by atoms with van der Waals surface area (Å²) in [4.78, 5) is 0.390. The van der Waals surface area contributed by atoms with Crippen LogP contribution in [0.3, 0.4) is 0 Å². The highest BCUT2D eigenvalue weighted by molar-refractivity contribution is 7.85. The third kappa shape index (κ3) is 3.71. The molecule has 0 amide bonds. The van der Waals surface area contributed by atoms with Crippen molar-refractivity contribution in [2.24, 2.45) is 0 Å². The lowest BCUT2D eigenvalue weighted by Crippen LogP contribution is -2.28. The van der Waals surface area contributed by atoms with Crippen LogP contribution in [0.1, 0.15) is 0 Å². The van der Waals surface area contributed by atoms with Crippen LogP contribution in [0.25, 0.3) is 0 Å². The molecule has 0 aromatic heterocycles. The van der Waals surface area contributed by atoms with E-state index in [2.05, 4.69) is 5.32 Å². The molecule has 0 saturated heterocycles. The van der Waals surface area contributed by atoms with Crippen molar-refractivity contribution in [3.8, 4) is 0 Å². The van der Waals surface area contributed by atoms with Crippen LogP contribution in [0.4, 0.5) is 0 Å². The third-order valence-corrected chi connectivity index (χ3v) is 4.37. The first-order valence-electron chi connectivity index (χ1n) is 4.71. The van der Waals surface area contributed by atoms with E-state index >= 15 is 0 Å². The van der Waals surface area contributed by atoms with Gasteiger partial charge in [0, 0.05) is 6.54 Å². The van der Waals surface area contributed by atoms with Crippen LogP contribution in [0, 0.1) is 0 Å². The van der Waals surface area contributed by atoms with Crippen LogP contribution >= 0.6 is 23.2 Å². The summed E-state index contributed by atoms with van der Waals surface area (Å²) in [6.07, 6.45) is -0.682. The molecule has 1 aromatic rings. The van der Waals surface area contributed by atoms with Gasteiger partial charge < -0.3 is 10.4 Å². The maximum absolute atomic E-state index is 11.9. The summed E-state index contributed by atoms with van der Waals surface area (Å²) in [6.45, 7) is 0.383. The van der Waals surface area contributed by atoms with Crippen LogP contribution < -0.4 is 5.32 Å². The SMILES string of the molecule is CNCC(O)CS(=O)c1c(Cl)cccc1Cl. The van der Waals surface area contributed by atoms with Crippen LogP contribution in [-0.4, -0.2) is 34.8 Å². The maximum atomic E-state index is 11.9. The van der Waals surface area contributed by atoms with E-state index < -0.39 is 16.9 Å². The minimum atomic E-state index is -1.39. The minimum Gasteiger partial charge on any atom is -0.391 e. The molecule has 16 heavy (non-hydrogen) atoms. The smallest absolute Gasteiger partial charge is 0.0783 e. The van der Waals surface area contributed by atoms with E-state index in [0.717, 1.165) is 0 Å². The van der Waals surface area contributed by atoms with E-state index in [-0.39, 0.29) is 5.75 Å². The predicted octanol–water partition coefficient (Wildman–Crippen LogP) is 1.68. The van der Waals surface area contributed by atoms with Gasteiger partial charge in [0.2, 0.25) is 0 Å². The Morgan fingerprint density at radius 2 is 2.00 bits per heavy atom. The summed E-state index contributed by atoms with van der Waals surface area (Å²) in [5.41, 5.74) is 0. The Labute approximate surface area is 107 Å². The highest BCUT2D eigenvalue weighted by Gasteiger charge is 2.16. The number of halogens is 2. The van der Waals surface area contributed by atoms with Gasteiger partial charge in [0.25, 0.3) is 0 Å². The highest BCUT2D eigenvalue weighted by atomic mass is 35.5. The number of likely N-dealkylation sites (N-methyl/N-ethyl adjacent to an activating group) is 1. The van der Waals surface area contributed by atoms with Crippen LogP contribution in [0.5, 0.6) is 0 Å². The molecular formula is C10H13Cl2NO2S. The van der Waals surface area contributed by atoms with Crippen molar-refractivity contribution in [2.75, 3.05) is 19.3 Å². The van der Waals surface area contributed by atoms with Crippen molar-refractivity contribution in [3.63, 3.8) is 0 Å². The normalized spacial score (nSPS) is 14.8. The first-order chi connectivity index (χ1) is 7.56. The quantitative estimate of drug-likeness (QED) is 0.864.